The standard InChI is InChI=1S/C13H22N2O2/c1-13(2,3)15-9-12-14-8-11(17-12)10-4-6-16-7-5-10/h8,10,15H,4-7,9H2,1-3H3. The van der Waals surface area contributed by atoms with Gasteiger partial charge in [0.25, 0.3) is 0 Å². The van der Waals surface area contributed by atoms with E-state index in [0.29, 0.717) is 12.5 Å². The fraction of sp³-hybridized carbons (Fsp3) is 0.769. The first-order valence-corrected chi connectivity index (χ1v) is 6.32. The average molecular weight is 238 g/mol. The molecule has 1 aromatic rings. The zero-order chi connectivity index (χ0) is 12.3. The van der Waals surface area contributed by atoms with E-state index < -0.39 is 0 Å². The highest BCUT2D eigenvalue weighted by Gasteiger charge is 2.20. The Morgan fingerprint density at radius 3 is 2.71 bits per heavy atom. The molecule has 1 saturated heterocycles. The fourth-order valence-electron chi connectivity index (χ4n) is 1.92. The van der Waals surface area contributed by atoms with Crippen LogP contribution >= 0.6 is 0 Å². The Hall–Kier alpha value is -0.870. The van der Waals surface area contributed by atoms with E-state index in [2.05, 4.69) is 31.1 Å². The van der Waals surface area contributed by atoms with Gasteiger partial charge in [0.1, 0.15) is 5.76 Å². The molecule has 0 saturated carbocycles. The van der Waals surface area contributed by atoms with Crippen LogP contribution in [-0.4, -0.2) is 23.7 Å². The molecule has 2 rings (SSSR count). The lowest BCUT2D eigenvalue weighted by atomic mass is 9.98. The molecule has 96 valence electrons. The predicted molar refractivity (Wildman–Crippen MR) is 65.9 cm³/mol. The van der Waals surface area contributed by atoms with Gasteiger partial charge in [-0.1, -0.05) is 0 Å². The summed E-state index contributed by atoms with van der Waals surface area (Å²) in [6, 6.07) is 0. The summed E-state index contributed by atoms with van der Waals surface area (Å²) >= 11 is 0. The van der Waals surface area contributed by atoms with Gasteiger partial charge in [0.15, 0.2) is 0 Å². The van der Waals surface area contributed by atoms with Crippen molar-refractivity contribution >= 4 is 0 Å². The lowest BCUT2D eigenvalue weighted by molar-refractivity contribution is 0.0803. The van der Waals surface area contributed by atoms with E-state index in [4.69, 9.17) is 9.15 Å². The first-order valence-electron chi connectivity index (χ1n) is 6.32. The molecular formula is C13H22N2O2. The number of aromatic nitrogens is 1. The van der Waals surface area contributed by atoms with Crippen LogP contribution < -0.4 is 5.32 Å². The Balaban J connectivity index is 1.91. The molecule has 0 unspecified atom stereocenters. The predicted octanol–water partition coefficient (Wildman–Crippen LogP) is 2.46. The second-order valence-corrected chi connectivity index (χ2v) is 5.65. The number of rotatable bonds is 3. The summed E-state index contributed by atoms with van der Waals surface area (Å²) in [7, 11) is 0. The first kappa shape index (κ1) is 12.6. The Morgan fingerprint density at radius 2 is 2.06 bits per heavy atom. The van der Waals surface area contributed by atoms with Crippen molar-refractivity contribution in [2.24, 2.45) is 0 Å². The lowest BCUT2D eigenvalue weighted by Gasteiger charge is -2.20. The third-order valence-electron chi connectivity index (χ3n) is 2.97. The molecule has 0 bridgehead atoms. The van der Waals surface area contributed by atoms with Crippen LogP contribution in [0.3, 0.4) is 0 Å². The minimum atomic E-state index is 0.0906. The molecule has 4 nitrogen and oxygen atoms in total. The number of nitrogens with one attached hydrogen (secondary N) is 1. The topological polar surface area (TPSA) is 47.3 Å². The van der Waals surface area contributed by atoms with Crippen LogP contribution in [0.1, 0.15) is 51.2 Å². The SMILES string of the molecule is CC(C)(C)NCc1ncc(C2CCOCC2)o1. The molecule has 0 spiro atoms. The summed E-state index contributed by atoms with van der Waals surface area (Å²) in [6.45, 7) is 8.76. The second-order valence-electron chi connectivity index (χ2n) is 5.65. The highest BCUT2D eigenvalue weighted by molar-refractivity contribution is 5.03. The summed E-state index contributed by atoms with van der Waals surface area (Å²) in [4.78, 5) is 4.32. The van der Waals surface area contributed by atoms with Crippen LogP contribution in [0.5, 0.6) is 0 Å². The van der Waals surface area contributed by atoms with Gasteiger partial charge < -0.3 is 14.5 Å². The van der Waals surface area contributed by atoms with E-state index >= 15 is 0 Å². The molecule has 1 aromatic heterocycles. The van der Waals surface area contributed by atoms with Crippen molar-refractivity contribution < 1.29 is 9.15 Å². The highest BCUT2D eigenvalue weighted by Crippen LogP contribution is 2.27. The third kappa shape index (κ3) is 3.82. The van der Waals surface area contributed by atoms with Gasteiger partial charge >= 0.3 is 0 Å². The van der Waals surface area contributed by atoms with Crippen LogP contribution in [0.4, 0.5) is 0 Å². The van der Waals surface area contributed by atoms with Crippen molar-refractivity contribution in [1.29, 1.82) is 0 Å². The monoisotopic (exact) mass is 238 g/mol. The fourth-order valence-corrected chi connectivity index (χ4v) is 1.92. The van der Waals surface area contributed by atoms with Crippen molar-refractivity contribution in [2.75, 3.05) is 13.2 Å². The smallest absolute Gasteiger partial charge is 0.208 e. The van der Waals surface area contributed by atoms with E-state index in [1.165, 1.54) is 0 Å². The molecule has 1 N–H and O–H groups in total. The highest BCUT2D eigenvalue weighted by atomic mass is 16.5. The van der Waals surface area contributed by atoms with Crippen molar-refractivity contribution in [3.8, 4) is 0 Å². The van der Waals surface area contributed by atoms with Crippen LogP contribution in [0.25, 0.3) is 0 Å². The summed E-state index contributed by atoms with van der Waals surface area (Å²) in [5.74, 6) is 2.28. The Morgan fingerprint density at radius 1 is 1.35 bits per heavy atom. The van der Waals surface area contributed by atoms with Gasteiger partial charge in [-0.3, -0.25) is 0 Å². The van der Waals surface area contributed by atoms with Gasteiger partial charge in [-0.2, -0.15) is 0 Å². The van der Waals surface area contributed by atoms with Crippen molar-refractivity contribution in [2.45, 2.75) is 51.6 Å². The maximum Gasteiger partial charge on any atom is 0.208 e. The average Bonchev–Trinajstić information content (AvgIpc) is 2.75. The number of hydrogen-bond donors (Lipinski definition) is 1. The third-order valence-corrected chi connectivity index (χ3v) is 2.97. The minimum Gasteiger partial charge on any atom is -0.444 e. The van der Waals surface area contributed by atoms with Crippen molar-refractivity contribution in [3.05, 3.63) is 17.8 Å². The molecular weight excluding hydrogens is 216 g/mol. The Bertz CT molecular complexity index is 349. The zero-order valence-corrected chi connectivity index (χ0v) is 11.0. The van der Waals surface area contributed by atoms with E-state index in [1.807, 2.05) is 6.20 Å². The number of ether oxygens (including phenoxy) is 1. The van der Waals surface area contributed by atoms with E-state index in [-0.39, 0.29) is 5.54 Å². The van der Waals surface area contributed by atoms with Gasteiger partial charge in [0.2, 0.25) is 5.89 Å². The molecule has 1 aliphatic heterocycles. The quantitative estimate of drug-likeness (QED) is 0.878. The molecule has 0 atom stereocenters. The van der Waals surface area contributed by atoms with Gasteiger partial charge in [-0.05, 0) is 33.6 Å². The van der Waals surface area contributed by atoms with E-state index in [1.54, 1.807) is 0 Å². The summed E-state index contributed by atoms with van der Waals surface area (Å²) < 4.78 is 11.1. The summed E-state index contributed by atoms with van der Waals surface area (Å²) in [5, 5.41) is 3.37. The molecule has 0 aromatic carbocycles. The number of oxazole rings is 1. The molecule has 4 heteroatoms. The van der Waals surface area contributed by atoms with Gasteiger partial charge in [-0.15, -0.1) is 0 Å². The van der Waals surface area contributed by atoms with Crippen LogP contribution in [0.15, 0.2) is 10.6 Å². The van der Waals surface area contributed by atoms with Gasteiger partial charge in [-0.25, -0.2) is 4.98 Å². The van der Waals surface area contributed by atoms with Gasteiger partial charge in [0.05, 0.1) is 12.7 Å². The molecule has 1 aliphatic rings. The van der Waals surface area contributed by atoms with Crippen molar-refractivity contribution in [1.82, 2.24) is 10.3 Å². The molecule has 0 radical (unpaired) electrons. The normalized spacial score (nSPS) is 18.5. The largest absolute Gasteiger partial charge is 0.444 e. The number of hydrogen-bond acceptors (Lipinski definition) is 4. The molecule has 0 amide bonds. The maximum absolute atomic E-state index is 5.79. The lowest BCUT2D eigenvalue weighted by Crippen LogP contribution is -2.35. The molecule has 2 heterocycles. The van der Waals surface area contributed by atoms with Gasteiger partial charge in [0, 0.05) is 24.7 Å². The summed E-state index contributed by atoms with van der Waals surface area (Å²) in [6.07, 6.45) is 3.96. The van der Waals surface area contributed by atoms with E-state index in [9.17, 15) is 0 Å². The van der Waals surface area contributed by atoms with E-state index in [0.717, 1.165) is 37.7 Å². The second kappa shape index (κ2) is 5.19. The Kier molecular flexibility index (Phi) is 3.84. The summed E-state index contributed by atoms with van der Waals surface area (Å²) in [5.41, 5.74) is 0.0906. The van der Waals surface area contributed by atoms with Crippen molar-refractivity contribution in [3.63, 3.8) is 0 Å². The number of nitrogens with zero attached hydrogens (tertiary/aromatic N) is 1. The van der Waals surface area contributed by atoms with Crippen LogP contribution in [0, 0.1) is 0 Å². The minimum absolute atomic E-state index is 0.0906. The first-order chi connectivity index (χ1) is 8.04. The molecule has 0 aliphatic carbocycles. The zero-order valence-electron chi connectivity index (χ0n) is 11.0. The van der Waals surface area contributed by atoms with Crippen LogP contribution in [-0.2, 0) is 11.3 Å². The molecule has 17 heavy (non-hydrogen) atoms. The maximum atomic E-state index is 5.79. The molecule has 1 fully saturated rings. The van der Waals surface area contributed by atoms with Crippen LogP contribution in [0.2, 0.25) is 0 Å². The Labute approximate surface area is 103 Å².